The predicted octanol–water partition coefficient (Wildman–Crippen LogP) is 17.0. The van der Waals surface area contributed by atoms with Gasteiger partial charge in [-0.15, -0.1) is 0 Å². The summed E-state index contributed by atoms with van der Waals surface area (Å²) in [5.74, 6) is 0. The van der Waals surface area contributed by atoms with E-state index in [-0.39, 0.29) is 0 Å². The van der Waals surface area contributed by atoms with Gasteiger partial charge in [-0.1, -0.05) is 114 Å². The highest BCUT2D eigenvalue weighted by molar-refractivity contribution is 6.27. The molecule has 3 heteroatoms. The van der Waals surface area contributed by atoms with Crippen LogP contribution in [0.5, 0.6) is 0 Å². The number of benzene rings is 10. The number of anilines is 6. The van der Waals surface area contributed by atoms with Gasteiger partial charge in [0.05, 0.1) is 16.6 Å². The lowest BCUT2D eigenvalue weighted by atomic mass is 9.97. The summed E-state index contributed by atoms with van der Waals surface area (Å²) in [5.41, 5.74) is 18.1. The van der Waals surface area contributed by atoms with Gasteiger partial charge in [0.2, 0.25) is 0 Å². The second-order valence-corrected chi connectivity index (χ2v) is 17.3. The van der Waals surface area contributed by atoms with Gasteiger partial charge < -0.3 is 14.2 Å². The van der Waals surface area contributed by atoms with E-state index in [1.165, 1.54) is 104 Å². The number of para-hydroxylation sites is 2. The smallest absolute Gasteiger partial charge is 0.0620 e. The molecule has 0 aliphatic rings. The first kappa shape index (κ1) is 36.9. The van der Waals surface area contributed by atoms with Crippen molar-refractivity contribution < 1.29 is 0 Å². The Balaban J connectivity index is 1.11. The van der Waals surface area contributed by atoms with E-state index in [0.29, 0.717) is 0 Å². The molecule has 0 saturated carbocycles. The van der Waals surface area contributed by atoms with E-state index in [2.05, 4.69) is 242 Å². The van der Waals surface area contributed by atoms with E-state index in [4.69, 9.17) is 0 Å². The van der Waals surface area contributed by atoms with Crippen LogP contribution >= 0.6 is 0 Å². The lowest BCUT2D eigenvalue weighted by molar-refractivity contribution is 1.24. The van der Waals surface area contributed by atoms with Crippen molar-refractivity contribution in [3.63, 3.8) is 0 Å². The molecule has 0 bridgehead atoms. The third-order valence-corrected chi connectivity index (χ3v) is 13.1. The Morgan fingerprint density at radius 1 is 0.317 bits per heavy atom. The van der Waals surface area contributed by atoms with Crippen molar-refractivity contribution in [2.24, 2.45) is 0 Å². The number of nitrogens with zero attached hydrogens (tertiary/aromatic N) is 3. The molecular weight excluding hydrogens is 763 g/mol. The minimum atomic E-state index is 1.13. The summed E-state index contributed by atoms with van der Waals surface area (Å²) in [6.07, 6.45) is 0. The van der Waals surface area contributed by atoms with Crippen molar-refractivity contribution in [3.05, 3.63) is 222 Å². The summed E-state index contributed by atoms with van der Waals surface area (Å²) < 4.78 is 2.54. The molecule has 12 aromatic rings. The number of hydrogen-bond acceptors (Lipinski definition) is 2. The maximum Gasteiger partial charge on any atom is 0.0620 e. The topological polar surface area (TPSA) is 10.9 Å². The molecule has 10 aromatic carbocycles. The molecule has 63 heavy (non-hydrogen) atoms. The van der Waals surface area contributed by atoms with Crippen molar-refractivity contribution in [2.45, 2.75) is 27.7 Å². The van der Waals surface area contributed by atoms with Crippen molar-refractivity contribution in [1.82, 2.24) is 4.40 Å². The Kier molecular flexibility index (Phi) is 8.42. The van der Waals surface area contributed by atoms with Gasteiger partial charge in [0.15, 0.2) is 0 Å². The van der Waals surface area contributed by atoms with Crippen molar-refractivity contribution >= 4 is 93.8 Å². The van der Waals surface area contributed by atoms with Gasteiger partial charge in [0.25, 0.3) is 0 Å². The fraction of sp³-hybridized carbons (Fsp3) is 0.0667. The van der Waals surface area contributed by atoms with E-state index in [1.54, 1.807) is 0 Å². The van der Waals surface area contributed by atoms with Crippen LogP contribution in [0.4, 0.5) is 34.1 Å². The molecule has 0 aliphatic heterocycles. The average Bonchev–Trinajstić information content (AvgIpc) is 3.80. The fourth-order valence-electron chi connectivity index (χ4n) is 10.2. The molecule has 0 N–H and O–H groups in total. The second kappa shape index (κ2) is 14.4. The first-order valence-corrected chi connectivity index (χ1v) is 21.9. The maximum absolute atomic E-state index is 2.54. The van der Waals surface area contributed by atoms with Crippen LogP contribution in [-0.4, -0.2) is 4.40 Å². The second-order valence-electron chi connectivity index (χ2n) is 17.3. The van der Waals surface area contributed by atoms with Gasteiger partial charge in [0, 0.05) is 55.7 Å². The van der Waals surface area contributed by atoms with Crippen LogP contribution in [0.2, 0.25) is 0 Å². The predicted molar refractivity (Wildman–Crippen MR) is 270 cm³/mol. The van der Waals surface area contributed by atoms with Gasteiger partial charge in [-0.2, -0.15) is 0 Å². The molecule has 0 radical (unpaired) electrons. The minimum absolute atomic E-state index is 1.13. The zero-order chi connectivity index (χ0) is 42.3. The number of hydrogen-bond donors (Lipinski definition) is 0. The van der Waals surface area contributed by atoms with Gasteiger partial charge in [-0.25, -0.2) is 0 Å². The third kappa shape index (κ3) is 6.03. The molecule has 0 unspecified atom stereocenters. The molecule has 12 rings (SSSR count). The summed E-state index contributed by atoms with van der Waals surface area (Å²) in [6.45, 7) is 8.75. The minimum Gasteiger partial charge on any atom is -0.310 e. The van der Waals surface area contributed by atoms with Crippen LogP contribution in [-0.2, 0) is 0 Å². The Morgan fingerprint density at radius 2 is 0.762 bits per heavy atom. The zero-order valence-electron chi connectivity index (χ0n) is 35.9. The van der Waals surface area contributed by atoms with Gasteiger partial charge in [-0.3, -0.25) is 0 Å². The molecule has 2 heterocycles. The quantitative estimate of drug-likeness (QED) is 0.159. The first-order valence-electron chi connectivity index (χ1n) is 21.9. The normalized spacial score (nSPS) is 11.8. The van der Waals surface area contributed by atoms with E-state index in [9.17, 15) is 0 Å². The van der Waals surface area contributed by atoms with Crippen LogP contribution < -0.4 is 9.80 Å². The molecule has 3 nitrogen and oxygen atoms in total. The Labute approximate surface area is 367 Å². The summed E-state index contributed by atoms with van der Waals surface area (Å²) in [4.78, 5) is 4.79. The highest BCUT2D eigenvalue weighted by atomic mass is 15.1. The van der Waals surface area contributed by atoms with E-state index >= 15 is 0 Å². The highest BCUT2D eigenvalue weighted by Gasteiger charge is 2.22. The number of aromatic nitrogens is 1. The van der Waals surface area contributed by atoms with Crippen LogP contribution in [0.3, 0.4) is 0 Å². The van der Waals surface area contributed by atoms with Gasteiger partial charge in [-0.05, 0) is 169 Å². The van der Waals surface area contributed by atoms with Crippen LogP contribution in [0.25, 0.3) is 70.8 Å². The molecule has 0 saturated heterocycles. The Morgan fingerprint density at radius 3 is 1.21 bits per heavy atom. The molecule has 0 atom stereocenters. The largest absolute Gasteiger partial charge is 0.310 e. The molecule has 0 fully saturated rings. The summed E-state index contributed by atoms with van der Waals surface area (Å²) in [6, 6.07) is 74.2. The molecular formula is C60H45N3. The van der Waals surface area contributed by atoms with E-state index < -0.39 is 0 Å². The maximum atomic E-state index is 2.54. The molecule has 300 valence electrons. The molecule has 0 aliphatic carbocycles. The van der Waals surface area contributed by atoms with Gasteiger partial charge in [0.1, 0.15) is 0 Å². The summed E-state index contributed by atoms with van der Waals surface area (Å²) >= 11 is 0. The van der Waals surface area contributed by atoms with Crippen molar-refractivity contribution in [3.8, 4) is 11.1 Å². The first-order chi connectivity index (χ1) is 30.9. The SMILES string of the molecule is Cc1ccc(N(c2ccccc2)c2ccc3cc4c5cc(-c6ccccc6)cc6c7cc8ccc(N(c9ccccc9)c9ccc(C)cc9C)cc8cc7n(c4cc3c2)c56)c(C)c1. The average molecular weight is 808 g/mol. The molecule has 0 spiro atoms. The van der Waals surface area contributed by atoms with Crippen LogP contribution in [0.1, 0.15) is 22.3 Å². The number of fused-ring (bicyclic) bond motifs is 8. The lowest BCUT2D eigenvalue weighted by Crippen LogP contribution is -2.11. The van der Waals surface area contributed by atoms with Crippen LogP contribution in [0, 0.1) is 27.7 Å². The Bertz CT molecular complexity index is 3490. The molecule has 2 aromatic heterocycles. The monoisotopic (exact) mass is 807 g/mol. The van der Waals surface area contributed by atoms with Crippen molar-refractivity contribution in [2.75, 3.05) is 9.80 Å². The third-order valence-electron chi connectivity index (χ3n) is 13.1. The van der Waals surface area contributed by atoms with E-state index in [0.717, 1.165) is 22.7 Å². The van der Waals surface area contributed by atoms with E-state index in [1.807, 2.05) is 0 Å². The summed E-state index contributed by atoms with van der Waals surface area (Å²) in [7, 11) is 0. The highest BCUT2D eigenvalue weighted by Crippen LogP contribution is 2.46. The summed E-state index contributed by atoms with van der Waals surface area (Å²) in [5, 5.41) is 9.95. The zero-order valence-corrected chi connectivity index (χ0v) is 35.9. The number of rotatable bonds is 7. The Hall–Kier alpha value is -7.88. The number of aryl methyl sites for hydroxylation is 4. The molecule has 0 amide bonds. The fourth-order valence-corrected chi connectivity index (χ4v) is 10.2. The van der Waals surface area contributed by atoms with Gasteiger partial charge >= 0.3 is 0 Å². The van der Waals surface area contributed by atoms with Crippen LogP contribution in [0.15, 0.2) is 200 Å². The van der Waals surface area contributed by atoms with Crippen molar-refractivity contribution in [1.29, 1.82) is 0 Å². The lowest BCUT2D eigenvalue weighted by Gasteiger charge is -2.27. The standard InChI is InChI=1S/C60H45N3/c1-38-20-26-56(40(3)28-38)61(48-16-10-6-11-17-48)50-24-22-43-32-52-54-34-47(42-14-8-5-9-15-42)35-55-53-33-44-23-25-51(31-46(44)37-59(53)63(60(54)55)58(52)36-45(43)30-50)62(49-18-12-7-13-19-49)57-27-21-39(2)29-41(57)4/h5-37H,1-4H3.